The molecule has 0 radical (unpaired) electrons. The number of pyridine rings is 1. The molecule has 0 unspecified atom stereocenters. The molecule has 1 aliphatic heterocycles. The highest BCUT2D eigenvalue weighted by Crippen LogP contribution is 2.35. The summed E-state index contributed by atoms with van der Waals surface area (Å²) in [5.41, 5.74) is 4.15. The first-order valence-electron chi connectivity index (χ1n) is 7.29. The van der Waals surface area contributed by atoms with E-state index in [9.17, 15) is 0 Å². The molecule has 0 aromatic carbocycles. The summed E-state index contributed by atoms with van der Waals surface area (Å²) in [6, 6.07) is 4.16. The quantitative estimate of drug-likeness (QED) is 0.932. The summed E-state index contributed by atoms with van der Waals surface area (Å²) in [5, 5.41) is 7.38. The van der Waals surface area contributed by atoms with Crippen LogP contribution in [-0.2, 0) is 12.0 Å². The van der Waals surface area contributed by atoms with E-state index in [1.165, 1.54) is 29.7 Å². The molecule has 0 aliphatic carbocycles. The third-order valence-electron chi connectivity index (χ3n) is 4.52. The van der Waals surface area contributed by atoms with Gasteiger partial charge in [0.25, 0.3) is 0 Å². The van der Waals surface area contributed by atoms with E-state index in [1.54, 1.807) is 0 Å². The van der Waals surface area contributed by atoms with Gasteiger partial charge in [-0.05, 0) is 50.0 Å². The Hall–Kier alpha value is -1.68. The summed E-state index contributed by atoms with van der Waals surface area (Å²) in [4.78, 5) is 6.71. The minimum absolute atomic E-state index is 0.242. The normalized spacial score (nSPS) is 19.1. The van der Waals surface area contributed by atoms with Gasteiger partial charge in [-0.2, -0.15) is 5.10 Å². The van der Waals surface area contributed by atoms with Crippen molar-refractivity contribution < 1.29 is 0 Å². The van der Waals surface area contributed by atoms with Gasteiger partial charge in [0, 0.05) is 30.0 Å². The first-order valence-corrected chi connectivity index (χ1v) is 7.29. The van der Waals surface area contributed by atoms with Gasteiger partial charge in [-0.15, -0.1) is 0 Å². The second-order valence-corrected chi connectivity index (χ2v) is 6.13. The summed E-state index contributed by atoms with van der Waals surface area (Å²) >= 11 is 0. The standard InChI is InChI=1S/C16H22N4/c1-13-10-18-19-15(13)16(2)5-8-20(9-6-16)12-14-4-3-7-17-11-14/h3-4,7,10-11H,5-6,8-9,12H2,1-2H3,(H,18,19). The van der Waals surface area contributed by atoms with Gasteiger partial charge in [-0.25, -0.2) is 0 Å². The van der Waals surface area contributed by atoms with Crippen molar-refractivity contribution in [3.05, 3.63) is 47.5 Å². The minimum atomic E-state index is 0.242. The van der Waals surface area contributed by atoms with Crippen molar-refractivity contribution in [2.24, 2.45) is 0 Å². The number of nitrogens with zero attached hydrogens (tertiary/aromatic N) is 3. The van der Waals surface area contributed by atoms with Gasteiger partial charge in [-0.1, -0.05) is 13.0 Å². The molecule has 3 heterocycles. The average Bonchev–Trinajstić information content (AvgIpc) is 2.90. The Bertz CT molecular complexity index is 553. The Morgan fingerprint density at radius 3 is 2.70 bits per heavy atom. The number of likely N-dealkylation sites (tertiary alicyclic amines) is 1. The van der Waals surface area contributed by atoms with Gasteiger partial charge in [0.15, 0.2) is 0 Å². The molecule has 2 aromatic heterocycles. The highest BCUT2D eigenvalue weighted by Gasteiger charge is 2.34. The molecule has 20 heavy (non-hydrogen) atoms. The first kappa shape index (κ1) is 13.3. The molecule has 0 bridgehead atoms. The van der Waals surface area contributed by atoms with Crippen molar-refractivity contribution >= 4 is 0 Å². The zero-order chi connectivity index (χ0) is 14.0. The second-order valence-electron chi connectivity index (χ2n) is 6.13. The Morgan fingerprint density at radius 1 is 1.30 bits per heavy atom. The fourth-order valence-corrected chi connectivity index (χ4v) is 3.16. The molecule has 0 atom stereocenters. The molecule has 1 N–H and O–H groups in total. The van der Waals surface area contributed by atoms with Gasteiger partial charge in [0.1, 0.15) is 0 Å². The van der Waals surface area contributed by atoms with Crippen LogP contribution in [0.15, 0.2) is 30.7 Å². The van der Waals surface area contributed by atoms with Gasteiger partial charge in [-0.3, -0.25) is 15.0 Å². The molecule has 3 rings (SSSR count). The van der Waals surface area contributed by atoms with E-state index in [0.717, 1.165) is 19.6 Å². The van der Waals surface area contributed by atoms with Crippen molar-refractivity contribution in [1.29, 1.82) is 0 Å². The summed E-state index contributed by atoms with van der Waals surface area (Å²) < 4.78 is 0. The Labute approximate surface area is 120 Å². The lowest BCUT2D eigenvalue weighted by molar-refractivity contribution is 0.159. The number of rotatable bonds is 3. The van der Waals surface area contributed by atoms with Crippen LogP contribution in [0.4, 0.5) is 0 Å². The molecule has 4 nitrogen and oxygen atoms in total. The summed E-state index contributed by atoms with van der Waals surface area (Å²) in [6.07, 6.45) is 8.08. The van der Waals surface area contributed by atoms with Crippen LogP contribution in [0.25, 0.3) is 0 Å². The molecule has 106 valence electrons. The maximum Gasteiger partial charge on any atom is 0.0519 e. The maximum atomic E-state index is 4.19. The zero-order valence-corrected chi connectivity index (χ0v) is 12.3. The van der Waals surface area contributed by atoms with E-state index >= 15 is 0 Å². The fourth-order valence-electron chi connectivity index (χ4n) is 3.16. The number of aromatic nitrogens is 3. The van der Waals surface area contributed by atoms with E-state index in [4.69, 9.17) is 0 Å². The number of hydrogen-bond acceptors (Lipinski definition) is 3. The number of aryl methyl sites for hydroxylation is 1. The van der Waals surface area contributed by atoms with Crippen LogP contribution in [0.3, 0.4) is 0 Å². The van der Waals surface area contributed by atoms with Crippen LogP contribution in [0, 0.1) is 6.92 Å². The summed E-state index contributed by atoms with van der Waals surface area (Å²) in [7, 11) is 0. The summed E-state index contributed by atoms with van der Waals surface area (Å²) in [6.45, 7) is 7.76. The van der Waals surface area contributed by atoms with Crippen molar-refractivity contribution in [3.8, 4) is 0 Å². The lowest BCUT2D eigenvalue weighted by Crippen LogP contribution is -2.41. The van der Waals surface area contributed by atoms with E-state index in [0.29, 0.717) is 0 Å². The van der Waals surface area contributed by atoms with E-state index in [1.807, 2.05) is 24.7 Å². The molecule has 4 heteroatoms. The van der Waals surface area contributed by atoms with Crippen molar-refractivity contribution in [2.75, 3.05) is 13.1 Å². The SMILES string of the molecule is Cc1cn[nH]c1C1(C)CCN(Cc2cccnc2)CC1. The Balaban J connectivity index is 1.64. The van der Waals surface area contributed by atoms with Crippen LogP contribution in [0.5, 0.6) is 0 Å². The second kappa shape index (κ2) is 5.37. The van der Waals surface area contributed by atoms with Crippen molar-refractivity contribution in [2.45, 2.75) is 38.6 Å². The van der Waals surface area contributed by atoms with Gasteiger partial charge in [0.05, 0.1) is 6.20 Å². The number of aromatic amines is 1. The molecule has 1 aliphatic rings. The molecule has 0 saturated carbocycles. The molecule has 1 saturated heterocycles. The van der Waals surface area contributed by atoms with Gasteiger partial charge < -0.3 is 0 Å². The van der Waals surface area contributed by atoms with Crippen LogP contribution in [-0.4, -0.2) is 33.2 Å². The zero-order valence-electron chi connectivity index (χ0n) is 12.3. The van der Waals surface area contributed by atoms with Crippen molar-refractivity contribution in [3.63, 3.8) is 0 Å². The minimum Gasteiger partial charge on any atom is -0.299 e. The largest absolute Gasteiger partial charge is 0.299 e. The smallest absolute Gasteiger partial charge is 0.0519 e. The number of piperidine rings is 1. The van der Waals surface area contributed by atoms with Gasteiger partial charge in [0.2, 0.25) is 0 Å². The predicted molar refractivity (Wildman–Crippen MR) is 79.4 cm³/mol. The summed E-state index contributed by atoms with van der Waals surface area (Å²) in [5.74, 6) is 0. The molecule has 0 spiro atoms. The molecular weight excluding hydrogens is 248 g/mol. The lowest BCUT2D eigenvalue weighted by Gasteiger charge is -2.39. The van der Waals surface area contributed by atoms with E-state index in [-0.39, 0.29) is 5.41 Å². The molecule has 2 aromatic rings. The van der Waals surface area contributed by atoms with Crippen LogP contribution in [0.2, 0.25) is 0 Å². The third-order valence-corrected chi connectivity index (χ3v) is 4.52. The van der Waals surface area contributed by atoms with Crippen LogP contribution >= 0.6 is 0 Å². The number of H-pyrrole nitrogens is 1. The topological polar surface area (TPSA) is 44.8 Å². The Kier molecular flexibility index (Phi) is 3.57. The Morgan fingerprint density at radius 2 is 2.10 bits per heavy atom. The van der Waals surface area contributed by atoms with E-state index in [2.05, 4.69) is 40.0 Å². The number of hydrogen-bond donors (Lipinski definition) is 1. The predicted octanol–water partition coefficient (Wildman–Crippen LogP) is 2.67. The van der Waals surface area contributed by atoms with Crippen LogP contribution < -0.4 is 0 Å². The van der Waals surface area contributed by atoms with Gasteiger partial charge >= 0.3 is 0 Å². The average molecular weight is 270 g/mol. The van der Waals surface area contributed by atoms with Crippen molar-refractivity contribution in [1.82, 2.24) is 20.1 Å². The fraction of sp³-hybridized carbons (Fsp3) is 0.500. The van der Waals surface area contributed by atoms with Crippen LogP contribution in [0.1, 0.15) is 36.6 Å². The third kappa shape index (κ3) is 2.61. The molecular formula is C16H22N4. The number of nitrogens with one attached hydrogen (secondary N) is 1. The highest BCUT2D eigenvalue weighted by atomic mass is 15.1. The highest BCUT2D eigenvalue weighted by molar-refractivity contribution is 5.24. The first-order chi connectivity index (χ1) is 9.67. The maximum absolute atomic E-state index is 4.19. The lowest BCUT2D eigenvalue weighted by atomic mass is 9.76. The monoisotopic (exact) mass is 270 g/mol. The van der Waals surface area contributed by atoms with E-state index < -0.39 is 0 Å². The molecule has 0 amide bonds. The molecule has 1 fully saturated rings.